The number of rotatable bonds is 7. The number of carbonyl (C=O) groups excluding carboxylic acids is 4. The maximum Gasteiger partial charge on any atom is 0.329 e. The first kappa shape index (κ1) is 43.7. The monoisotopic (exact) mass is 929 g/mol. The number of aromatic nitrogens is 1. The molecule has 2 fully saturated rings. The molecule has 4 aliphatic rings. The third-order valence-corrected chi connectivity index (χ3v) is 14.9. The van der Waals surface area contributed by atoms with E-state index >= 15 is 19.2 Å². The summed E-state index contributed by atoms with van der Waals surface area (Å²) in [6.45, 7) is 1.84. The first-order valence-corrected chi connectivity index (χ1v) is 24.1. The molecule has 7 atom stereocenters. The number of phenols is 1. The fraction of sp³-hybridized carbons (Fsp3) is 0.211. The van der Waals surface area contributed by atoms with Crippen molar-refractivity contribution in [1.82, 2.24) is 15.2 Å². The predicted molar refractivity (Wildman–Crippen MR) is 265 cm³/mol. The molecular weight excluding hydrogens is 883 g/mol. The number of para-hydroxylation sites is 1. The lowest BCUT2D eigenvalue weighted by molar-refractivity contribution is -0.177. The van der Waals surface area contributed by atoms with E-state index in [1.54, 1.807) is 24.3 Å². The summed E-state index contributed by atoms with van der Waals surface area (Å²) in [6.07, 6.45) is 5.19. The SMILES string of the molecule is CC(NC(=O)N1C(=O)C2(c3cc(C#CC4=CCCCC4)ccc31)C(C(=O)Nc1nc3ccccc3s1)C1C(=O)OC(c3ccccc3)C(c3ccccc3)N1C2c1ccc(O)cc1)c1ccccc1. The third-order valence-electron chi connectivity index (χ3n) is 14.0. The van der Waals surface area contributed by atoms with E-state index in [4.69, 9.17) is 9.72 Å². The van der Waals surface area contributed by atoms with Crippen LogP contribution in [-0.2, 0) is 24.5 Å². The van der Waals surface area contributed by atoms with Crippen molar-refractivity contribution in [3.05, 3.63) is 203 Å². The largest absolute Gasteiger partial charge is 0.508 e. The number of fused-ring (bicyclic) bond motifs is 4. The summed E-state index contributed by atoms with van der Waals surface area (Å²) < 4.78 is 7.45. The van der Waals surface area contributed by atoms with Gasteiger partial charge in [0.2, 0.25) is 11.8 Å². The van der Waals surface area contributed by atoms with Gasteiger partial charge in [0.05, 0.1) is 39.9 Å². The maximum atomic E-state index is 16.7. The summed E-state index contributed by atoms with van der Waals surface area (Å²) in [5.74, 6) is 3.11. The number of imide groups is 1. The number of thiazole rings is 1. The third kappa shape index (κ3) is 7.64. The Morgan fingerprint density at radius 1 is 0.797 bits per heavy atom. The number of hydrogen-bond acceptors (Lipinski definition) is 9. The topological polar surface area (TPSA) is 141 Å². The molecule has 7 aromatic rings. The second-order valence-corrected chi connectivity index (χ2v) is 19.0. The molecule has 7 unspecified atom stereocenters. The number of carbonyl (C=O) groups is 4. The van der Waals surface area contributed by atoms with Gasteiger partial charge in [-0.1, -0.05) is 145 Å². The Hall–Kier alpha value is -7.85. The number of nitrogens with one attached hydrogen (secondary N) is 2. The van der Waals surface area contributed by atoms with E-state index in [9.17, 15) is 5.11 Å². The molecule has 3 aliphatic heterocycles. The molecule has 69 heavy (non-hydrogen) atoms. The van der Waals surface area contributed by atoms with Gasteiger partial charge >= 0.3 is 12.0 Å². The average Bonchev–Trinajstić information content (AvgIpc) is 4.02. The van der Waals surface area contributed by atoms with E-state index in [2.05, 4.69) is 28.6 Å². The Labute approximate surface area is 403 Å². The Morgan fingerprint density at radius 3 is 2.20 bits per heavy atom. The molecule has 0 bridgehead atoms. The van der Waals surface area contributed by atoms with Crippen LogP contribution in [0, 0.1) is 17.8 Å². The summed E-state index contributed by atoms with van der Waals surface area (Å²) in [4.78, 5) is 71.1. The van der Waals surface area contributed by atoms with Crippen molar-refractivity contribution in [2.24, 2.45) is 5.92 Å². The highest BCUT2D eigenvalue weighted by atomic mass is 32.1. The number of allylic oxidation sites excluding steroid dienone is 2. The van der Waals surface area contributed by atoms with Crippen molar-refractivity contribution in [2.75, 3.05) is 10.2 Å². The lowest BCUT2D eigenvalue weighted by atomic mass is 9.65. The number of benzene rings is 6. The van der Waals surface area contributed by atoms with E-state index in [0.717, 1.165) is 52.0 Å². The minimum absolute atomic E-state index is 0.0177. The van der Waals surface area contributed by atoms with Gasteiger partial charge in [-0.05, 0) is 108 Å². The zero-order chi connectivity index (χ0) is 47.2. The van der Waals surface area contributed by atoms with Gasteiger partial charge in [-0.2, -0.15) is 0 Å². The van der Waals surface area contributed by atoms with Crippen molar-refractivity contribution in [3.63, 3.8) is 0 Å². The molecule has 0 saturated carbocycles. The van der Waals surface area contributed by atoms with E-state index in [1.807, 2.05) is 133 Å². The number of morpholine rings is 1. The molecular formula is C57H47N5O6S. The highest BCUT2D eigenvalue weighted by Gasteiger charge is 2.75. The van der Waals surface area contributed by atoms with Crippen LogP contribution in [0.1, 0.15) is 90.2 Å². The number of cyclic esters (lactones) is 1. The number of nitrogens with zero attached hydrogens (tertiary/aromatic N) is 3. The van der Waals surface area contributed by atoms with E-state index in [0.29, 0.717) is 27.8 Å². The van der Waals surface area contributed by atoms with Crippen molar-refractivity contribution in [2.45, 2.75) is 68.3 Å². The smallest absolute Gasteiger partial charge is 0.329 e. The number of hydrogen-bond donors (Lipinski definition) is 3. The van der Waals surface area contributed by atoms with Crippen molar-refractivity contribution in [3.8, 4) is 17.6 Å². The number of anilines is 2. The van der Waals surface area contributed by atoms with Gasteiger partial charge in [-0.15, -0.1) is 0 Å². The number of urea groups is 1. The number of esters is 1. The Morgan fingerprint density at radius 2 is 1.49 bits per heavy atom. The second kappa shape index (κ2) is 18.0. The molecule has 11 nitrogen and oxygen atoms in total. The van der Waals surface area contributed by atoms with E-state index in [-0.39, 0.29) is 16.6 Å². The molecule has 1 aromatic heterocycles. The molecule has 0 radical (unpaired) electrons. The Kier molecular flexibility index (Phi) is 11.4. The van der Waals surface area contributed by atoms with Crippen LogP contribution in [0.5, 0.6) is 5.75 Å². The van der Waals surface area contributed by atoms with Crippen LogP contribution in [-0.4, -0.2) is 44.8 Å². The minimum atomic E-state index is -2.01. The summed E-state index contributed by atoms with van der Waals surface area (Å²) in [6, 6.07) is 43.4. The van der Waals surface area contributed by atoms with Crippen molar-refractivity contribution >= 4 is 56.2 Å². The van der Waals surface area contributed by atoms with Gasteiger partial charge in [0.25, 0.3) is 0 Å². The van der Waals surface area contributed by atoms with Crippen LogP contribution in [0.3, 0.4) is 0 Å². The number of amides is 4. The molecule has 12 heteroatoms. The fourth-order valence-electron chi connectivity index (χ4n) is 10.9. The molecule has 11 rings (SSSR count). The number of ether oxygens (including phenoxy) is 1. The fourth-order valence-corrected chi connectivity index (χ4v) is 11.8. The molecule has 6 aromatic carbocycles. The lowest BCUT2D eigenvalue weighted by Crippen LogP contribution is -2.55. The average molecular weight is 930 g/mol. The van der Waals surface area contributed by atoms with Gasteiger partial charge in [-0.3, -0.25) is 19.3 Å². The summed E-state index contributed by atoms with van der Waals surface area (Å²) in [5.41, 5.74) is 3.69. The van der Waals surface area contributed by atoms with Crippen molar-refractivity contribution in [1.29, 1.82) is 0 Å². The van der Waals surface area contributed by atoms with Crippen molar-refractivity contribution < 1.29 is 29.0 Å². The zero-order valence-electron chi connectivity index (χ0n) is 37.6. The summed E-state index contributed by atoms with van der Waals surface area (Å²) in [5, 5.41) is 17.2. The zero-order valence-corrected chi connectivity index (χ0v) is 38.4. The van der Waals surface area contributed by atoms with Crippen LogP contribution < -0.4 is 15.5 Å². The molecule has 4 amide bonds. The van der Waals surface area contributed by atoms with Gasteiger partial charge in [0.15, 0.2) is 5.13 Å². The molecule has 2 saturated heterocycles. The predicted octanol–water partition coefficient (Wildman–Crippen LogP) is 10.6. The molecule has 4 heterocycles. The van der Waals surface area contributed by atoms with E-state index < -0.39 is 65.4 Å². The standard InChI is InChI=1S/C57H47N5O6S/c1-35(38-18-8-3-9-19-38)58-56(67)61-45-33-28-37(27-26-36-16-6-2-7-17-36)34-43(45)57(54(61)66)47(52(64)60-55-59-44-24-14-15-25-46(44)69-55)49-53(65)68-50(40-22-12-5-13-23-40)48(39-20-10-4-11-21-39)62(49)51(57)41-29-31-42(63)32-30-41/h3-5,8-16,18-25,28-35,47-51,63H,2,6-7,17H2,1H3,(H,58,67)(H,59,60,64). The first-order chi connectivity index (χ1) is 33.7. The molecule has 1 aliphatic carbocycles. The molecule has 3 N–H and O–H groups in total. The normalized spacial score (nSPS) is 23.3. The quantitative estimate of drug-likeness (QED) is 0.106. The Balaban J connectivity index is 1.18. The van der Waals surface area contributed by atoms with Crippen LogP contribution in [0.2, 0.25) is 0 Å². The van der Waals surface area contributed by atoms with Crippen LogP contribution in [0.25, 0.3) is 10.2 Å². The highest BCUT2D eigenvalue weighted by Crippen LogP contribution is 2.66. The summed E-state index contributed by atoms with van der Waals surface area (Å²) >= 11 is 1.27. The summed E-state index contributed by atoms with van der Waals surface area (Å²) in [7, 11) is 0. The second-order valence-electron chi connectivity index (χ2n) is 18.0. The maximum absolute atomic E-state index is 16.7. The minimum Gasteiger partial charge on any atom is -0.508 e. The van der Waals surface area contributed by atoms with Gasteiger partial charge in [0.1, 0.15) is 23.3 Å². The first-order valence-electron chi connectivity index (χ1n) is 23.3. The number of phenolic OH excluding ortho intramolecular Hbond substituents is 1. The van der Waals surface area contributed by atoms with Gasteiger partial charge < -0.3 is 20.5 Å². The number of aromatic hydroxyl groups is 1. The lowest BCUT2D eigenvalue weighted by Gasteiger charge is -2.46. The molecule has 1 spiro atoms. The van der Waals surface area contributed by atoms with Crippen LogP contribution >= 0.6 is 11.3 Å². The molecule has 342 valence electrons. The Bertz CT molecular complexity index is 3190. The van der Waals surface area contributed by atoms with Gasteiger partial charge in [0, 0.05) is 5.56 Å². The highest BCUT2D eigenvalue weighted by molar-refractivity contribution is 7.22. The van der Waals surface area contributed by atoms with Gasteiger partial charge in [-0.25, -0.2) is 14.7 Å². The van der Waals surface area contributed by atoms with Crippen LogP contribution in [0.15, 0.2) is 169 Å². The van der Waals surface area contributed by atoms with E-state index in [1.165, 1.54) is 23.5 Å². The van der Waals surface area contributed by atoms with Crippen LogP contribution in [0.4, 0.5) is 15.6 Å².